The van der Waals surface area contributed by atoms with Crippen molar-refractivity contribution in [3.05, 3.63) is 35.9 Å². The lowest BCUT2D eigenvalue weighted by Crippen LogP contribution is -2.44. The average molecular weight is 343 g/mol. The first-order valence-electron chi connectivity index (χ1n) is 7.72. The number of carbonyl (C=O) groups excluding carboxylic acids is 1. The molecular weight excluding hydrogens is 316 g/mol. The zero-order valence-corrected chi connectivity index (χ0v) is 15.3. The molecule has 124 valence electrons. The van der Waals surface area contributed by atoms with Gasteiger partial charge in [0.25, 0.3) is 0 Å². The number of halogens is 1. The second-order valence-corrected chi connectivity index (χ2v) is 7.19. The highest BCUT2D eigenvalue weighted by Gasteiger charge is 2.30. The normalized spacial score (nSPS) is 18.8. The van der Waals surface area contributed by atoms with Gasteiger partial charge >= 0.3 is 0 Å². The summed E-state index contributed by atoms with van der Waals surface area (Å²) in [4.78, 5) is 14.7. The van der Waals surface area contributed by atoms with Crippen molar-refractivity contribution in [1.82, 2.24) is 10.2 Å². The van der Waals surface area contributed by atoms with Crippen LogP contribution in [0.15, 0.2) is 30.3 Å². The van der Waals surface area contributed by atoms with Crippen molar-refractivity contribution in [2.75, 3.05) is 20.1 Å². The third-order valence-electron chi connectivity index (χ3n) is 4.05. The van der Waals surface area contributed by atoms with Crippen molar-refractivity contribution in [3.8, 4) is 0 Å². The Bertz CT molecular complexity index is 449. The molecule has 1 heterocycles. The van der Waals surface area contributed by atoms with Crippen LogP contribution < -0.4 is 5.32 Å². The standard InChI is InChI=1S/C17H26N2OS.ClH/c1-13(2)16(21-12-14-7-5-4-6-8-14)17(20)19(3)15-9-10-18-11-15;/h4-8,13,15-16,18H,9-12H2,1-3H3;1H. The lowest BCUT2D eigenvalue weighted by atomic mass is 10.1. The molecule has 1 aliphatic heterocycles. The van der Waals surface area contributed by atoms with Gasteiger partial charge in [-0.1, -0.05) is 44.2 Å². The Morgan fingerprint density at radius 3 is 2.59 bits per heavy atom. The van der Waals surface area contributed by atoms with E-state index in [9.17, 15) is 4.79 Å². The molecule has 0 radical (unpaired) electrons. The van der Waals surface area contributed by atoms with Crippen molar-refractivity contribution in [3.63, 3.8) is 0 Å². The fourth-order valence-corrected chi connectivity index (χ4v) is 3.92. The third kappa shape index (κ3) is 5.18. The second kappa shape index (κ2) is 9.43. The number of thioether (sulfide) groups is 1. The van der Waals surface area contributed by atoms with Crippen LogP contribution in [0.4, 0.5) is 0 Å². The molecule has 1 saturated heterocycles. The first-order chi connectivity index (χ1) is 10.1. The molecule has 1 aromatic carbocycles. The Hall–Kier alpha value is -0.710. The van der Waals surface area contributed by atoms with Gasteiger partial charge in [0.2, 0.25) is 5.91 Å². The van der Waals surface area contributed by atoms with Crippen LogP contribution in [0.1, 0.15) is 25.8 Å². The Morgan fingerprint density at radius 2 is 2.05 bits per heavy atom. The van der Waals surface area contributed by atoms with Crippen molar-refractivity contribution in [2.45, 2.75) is 37.3 Å². The fourth-order valence-electron chi connectivity index (χ4n) is 2.66. The topological polar surface area (TPSA) is 32.3 Å². The zero-order chi connectivity index (χ0) is 15.2. The number of benzene rings is 1. The second-order valence-electron chi connectivity index (χ2n) is 6.06. The van der Waals surface area contributed by atoms with E-state index in [2.05, 4.69) is 43.4 Å². The zero-order valence-electron chi connectivity index (χ0n) is 13.6. The average Bonchev–Trinajstić information content (AvgIpc) is 3.01. The predicted molar refractivity (Wildman–Crippen MR) is 97.7 cm³/mol. The Labute approximate surface area is 144 Å². The van der Waals surface area contributed by atoms with Crippen LogP contribution in [0, 0.1) is 5.92 Å². The number of carbonyl (C=O) groups is 1. The number of amides is 1. The van der Waals surface area contributed by atoms with Crippen LogP contribution in [0.5, 0.6) is 0 Å². The van der Waals surface area contributed by atoms with Crippen LogP contribution in [0.2, 0.25) is 0 Å². The summed E-state index contributed by atoms with van der Waals surface area (Å²) < 4.78 is 0. The molecule has 0 aliphatic carbocycles. The van der Waals surface area contributed by atoms with Gasteiger partial charge in [-0.3, -0.25) is 4.79 Å². The summed E-state index contributed by atoms with van der Waals surface area (Å²) in [5, 5.41) is 3.37. The fraction of sp³-hybridized carbons (Fsp3) is 0.588. The van der Waals surface area contributed by atoms with Crippen molar-refractivity contribution >= 4 is 30.1 Å². The predicted octanol–water partition coefficient (Wildman–Crippen LogP) is 3.19. The van der Waals surface area contributed by atoms with Gasteiger partial charge in [0.15, 0.2) is 0 Å². The summed E-state index contributed by atoms with van der Waals surface area (Å²) in [7, 11) is 1.96. The molecule has 1 amide bonds. The van der Waals surface area contributed by atoms with Crippen LogP contribution in [0.3, 0.4) is 0 Å². The van der Waals surface area contributed by atoms with E-state index in [1.54, 1.807) is 11.8 Å². The number of likely N-dealkylation sites (N-methyl/N-ethyl adjacent to an activating group) is 1. The van der Waals surface area contributed by atoms with E-state index in [0.29, 0.717) is 12.0 Å². The maximum Gasteiger partial charge on any atom is 0.235 e. The molecule has 5 heteroatoms. The largest absolute Gasteiger partial charge is 0.340 e. The summed E-state index contributed by atoms with van der Waals surface area (Å²) in [6.45, 7) is 6.23. The number of nitrogens with zero attached hydrogens (tertiary/aromatic N) is 1. The monoisotopic (exact) mass is 342 g/mol. The highest BCUT2D eigenvalue weighted by atomic mass is 35.5. The minimum atomic E-state index is 0. The number of hydrogen-bond acceptors (Lipinski definition) is 3. The van der Waals surface area contributed by atoms with E-state index in [0.717, 1.165) is 25.3 Å². The first kappa shape index (κ1) is 19.3. The van der Waals surface area contributed by atoms with Crippen molar-refractivity contribution in [1.29, 1.82) is 0 Å². The molecule has 0 spiro atoms. The van der Waals surface area contributed by atoms with E-state index < -0.39 is 0 Å². The summed E-state index contributed by atoms with van der Waals surface area (Å²) in [6.07, 6.45) is 1.07. The highest BCUT2D eigenvalue weighted by Crippen LogP contribution is 2.26. The molecule has 2 unspecified atom stereocenters. The van der Waals surface area contributed by atoms with Gasteiger partial charge in [-0.15, -0.1) is 24.2 Å². The molecule has 2 atom stereocenters. The maximum absolute atomic E-state index is 12.8. The van der Waals surface area contributed by atoms with Crippen LogP contribution >= 0.6 is 24.2 Å². The van der Waals surface area contributed by atoms with Crippen LogP contribution in [-0.2, 0) is 10.5 Å². The lowest BCUT2D eigenvalue weighted by Gasteiger charge is -2.30. The molecule has 2 rings (SSSR count). The van der Waals surface area contributed by atoms with E-state index >= 15 is 0 Å². The molecular formula is C17H27ClN2OS. The first-order valence-corrected chi connectivity index (χ1v) is 8.77. The molecule has 1 fully saturated rings. The molecule has 1 aromatic rings. The maximum atomic E-state index is 12.8. The van der Waals surface area contributed by atoms with E-state index in [1.165, 1.54) is 5.56 Å². The summed E-state index contributed by atoms with van der Waals surface area (Å²) in [5.74, 6) is 1.52. The van der Waals surface area contributed by atoms with Crippen molar-refractivity contribution in [2.24, 2.45) is 5.92 Å². The third-order valence-corrected chi connectivity index (χ3v) is 5.66. The molecule has 22 heavy (non-hydrogen) atoms. The molecule has 3 nitrogen and oxygen atoms in total. The van der Waals surface area contributed by atoms with E-state index in [-0.39, 0.29) is 23.6 Å². The quantitative estimate of drug-likeness (QED) is 0.861. The number of hydrogen-bond donors (Lipinski definition) is 1. The Kier molecular flexibility index (Phi) is 8.29. The number of nitrogens with one attached hydrogen (secondary N) is 1. The Morgan fingerprint density at radius 1 is 1.36 bits per heavy atom. The van der Waals surface area contributed by atoms with Gasteiger partial charge in [0.05, 0.1) is 5.25 Å². The minimum absolute atomic E-state index is 0. The molecule has 0 saturated carbocycles. The summed E-state index contributed by atoms with van der Waals surface area (Å²) >= 11 is 1.77. The Balaban J connectivity index is 0.00000242. The van der Waals surface area contributed by atoms with Crippen molar-refractivity contribution < 1.29 is 4.79 Å². The van der Waals surface area contributed by atoms with Gasteiger partial charge in [-0.25, -0.2) is 0 Å². The van der Waals surface area contributed by atoms with Crippen LogP contribution in [0.25, 0.3) is 0 Å². The molecule has 1 aliphatic rings. The lowest BCUT2D eigenvalue weighted by molar-refractivity contribution is -0.131. The van der Waals surface area contributed by atoms with Crippen LogP contribution in [-0.4, -0.2) is 42.2 Å². The van der Waals surface area contributed by atoms with E-state index in [1.807, 2.05) is 18.0 Å². The van der Waals surface area contributed by atoms with Gasteiger partial charge in [0, 0.05) is 25.4 Å². The van der Waals surface area contributed by atoms with Gasteiger partial charge < -0.3 is 10.2 Å². The molecule has 1 N–H and O–H groups in total. The summed E-state index contributed by atoms with van der Waals surface area (Å²) in [6, 6.07) is 10.7. The molecule has 0 aromatic heterocycles. The van der Waals surface area contributed by atoms with Gasteiger partial charge in [0.1, 0.15) is 0 Å². The highest BCUT2D eigenvalue weighted by molar-refractivity contribution is 7.99. The number of rotatable bonds is 6. The smallest absolute Gasteiger partial charge is 0.235 e. The van der Waals surface area contributed by atoms with Gasteiger partial charge in [-0.2, -0.15) is 0 Å². The molecule has 0 bridgehead atoms. The van der Waals surface area contributed by atoms with E-state index in [4.69, 9.17) is 0 Å². The SMILES string of the molecule is CC(C)C(SCc1ccccc1)C(=O)N(C)C1CCNC1.Cl. The summed E-state index contributed by atoms with van der Waals surface area (Å²) in [5.41, 5.74) is 1.28. The van der Waals surface area contributed by atoms with Gasteiger partial charge in [-0.05, 0) is 24.4 Å². The minimum Gasteiger partial charge on any atom is -0.340 e.